The van der Waals surface area contributed by atoms with Crippen LogP contribution in [0.3, 0.4) is 0 Å². The van der Waals surface area contributed by atoms with Crippen molar-refractivity contribution in [3.05, 3.63) is 35.2 Å². The highest BCUT2D eigenvalue weighted by atomic mass is 32.1. The maximum atomic E-state index is 12.3. The third-order valence-corrected chi connectivity index (χ3v) is 4.52. The van der Waals surface area contributed by atoms with E-state index in [2.05, 4.69) is 24.8 Å². The summed E-state index contributed by atoms with van der Waals surface area (Å²) in [6.45, 7) is 7.47. The molecule has 1 heterocycles. The van der Waals surface area contributed by atoms with Crippen LogP contribution in [-0.4, -0.2) is 30.3 Å². The van der Waals surface area contributed by atoms with E-state index < -0.39 is 0 Å². The van der Waals surface area contributed by atoms with Crippen molar-refractivity contribution in [2.24, 2.45) is 0 Å². The van der Waals surface area contributed by atoms with Gasteiger partial charge in [0.15, 0.2) is 5.78 Å². The van der Waals surface area contributed by atoms with Gasteiger partial charge in [-0.15, -0.1) is 11.3 Å². The van der Waals surface area contributed by atoms with E-state index in [1.54, 1.807) is 11.3 Å². The normalized spacial score (nSPS) is 11.3. The van der Waals surface area contributed by atoms with Crippen LogP contribution in [-0.2, 0) is 0 Å². The van der Waals surface area contributed by atoms with Crippen molar-refractivity contribution in [2.45, 2.75) is 26.7 Å². The molecule has 19 heavy (non-hydrogen) atoms. The molecule has 0 atom stereocenters. The summed E-state index contributed by atoms with van der Waals surface area (Å²) in [5.41, 5.74) is 0.903. The number of ketones is 1. The number of thiophene rings is 1. The number of carbonyl (C=O) groups excluding carboxylic acids is 1. The Morgan fingerprint density at radius 2 is 1.95 bits per heavy atom. The second kappa shape index (κ2) is 6.83. The summed E-state index contributed by atoms with van der Waals surface area (Å²) in [6.07, 6.45) is 1.60. The number of fused-ring (bicyclic) bond motifs is 1. The molecule has 0 saturated heterocycles. The monoisotopic (exact) mass is 275 g/mol. The molecule has 0 radical (unpaired) electrons. The van der Waals surface area contributed by atoms with Crippen molar-refractivity contribution in [1.29, 1.82) is 0 Å². The molecule has 0 N–H and O–H groups in total. The Bertz CT molecular complexity index is 542. The standard InChI is InChI=1S/C16H21NOS/c1-3-17(4-2)11-7-9-15(18)14-12-19-16-10-6-5-8-13(14)16/h5-6,8,10,12H,3-4,7,9,11H2,1-2H3. The smallest absolute Gasteiger partial charge is 0.164 e. The molecule has 1 aromatic carbocycles. The van der Waals surface area contributed by atoms with Gasteiger partial charge in [0, 0.05) is 27.5 Å². The summed E-state index contributed by atoms with van der Waals surface area (Å²) >= 11 is 1.66. The van der Waals surface area contributed by atoms with E-state index in [1.807, 2.05) is 23.6 Å². The Morgan fingerprint density at radius 3 is 2.68 bits per heavy atom. The van der Waals surface area contributed by atoms with Crippen LogP contribution >= 0.6 is 11.3 Å². The maximum absolute atomic E-state index is 12.3. The average Bonchev–Trinajstić information content (AvgIpc) is 2.87. The quantitative estimate of drug-likeness (QED) is 0.706. The van der Waals surface area contributed by atoms with Crippen molar-refractivity contribution in [3.63, 3.8) is 0 Å². The Kier molecular flexibility index (Phi) is 5.11. The fraction of sp³-hybridized carbons (Fsp3) is 0.438. The van der Waals surface area contributed by atoms with Gasteiger partial charge in [-0.05, 0) is 32.1 Å². The minimum Gasteiger partial charge on any atom is -0.304 e. The van der Waals surface area contributed by atoms with Gasteiger partial charge in [-0.2, -0.15) is 0 Å². The van der Waals surface area contributed by atoms with Crippen molar-refractivity contribution in [2.75, 3.05) is 19.6 Å². The van der Waals surface area contributed by atoms with E-state index in [4.69, 9.17) is 0 Å². The van der Waals surface area contributed by atoms with E-state index >= 15 is 0 Å². The van der Waals surface area contributed by atoms with Gasteiger partial charge >= 0.3 is 0 Å². The largest absolute Gasteiger partial charge is 0.304 e. The molecule has 2 aromatic rings. The number of benzene rings is 1. The first-order valence-corrected chi connectivity index (χ1v) is 7.86. The Balaban J connectivity index is 1.97. The summed E-state index contributed by atoms with van der Waals surface area (Å²) in [5, 5.41) is 3.12. The second-order valence-corrected chi connectivity index (χ2v) is 5.61. The molecule has 0 spiro atoms. The molecule has 0 aliphatic rings. The van der Waals surface area contributed by atoms with Crippen molar-refractivity contribution in [1.82, 2.24) is 4.90 Å². The SMILES string of the molecule is CCN(CC)CCCC(=O)c1csc2ccccc12. The van der Waals surface area contributed by atoms with E-state index in [0.717, 1.165) is 37.0 Å². The van der Waals surface area contributed by atoms with Crippen LogP contribution in [0.15, 0.2) is 29.6 Å². The highest BCUT2D eigenvalue weighted by Gasteiger charge is 2.11. The first kappa shape index (κ1) is 14.2. The predicted molar refractivity (Wildman–Crippen MR) is 83.2 cm³/mol. The molecular weight excluding hydrogens is 254 g/mol. The van der Waals surface area contributed by atoms with Crippen LogP contribution in [0.4, 0.5) is 0 Å². The Labute approximate surface area is 119 Å². The minimum absolute atomic E-state index is 0.282. The summed E-state index contributed by atoms with van der Waals surface area (Å²) in [5.74, 6) is 0.282. The third kappa shape index (κ3) is 3.43. The zero-order valence-electron chi connectivity index (χ0n) is 11.7. The highest BCUT2D eigenvalue weighted by Crippen LogP contribution is 2.26. The van der Waals surface area contributed by atoms with Gasteiger partial charge in [0.05, 0.1) is 0 Å². The van der Waals surface area contributed by atoms with Crippen LogP contribution in [0.25, 0.3) is 10.1 Å². The molecule has 2 rings (SSSR count). The fourth-order valence-corrected chi connectivity index (χ4v) is 3.30. The molecule has 1 aromatic heterocycles. The van der Waals surface area contributed by atoms with Crippen molar-refractivity contribution in [3.8, 4) is 0 Å². The Hall–Kier alpha value is -1.19. The van der Waals surface area contributed by atoms with E-state index in [0.29, 0.717) is 6.42 Å². The Morgan fingerprint density at radius 1 is 1.21 bits per heavy atom. The molecule has 0 saturated carbocycles. The first-order valence-electron chi connectivity index (χ1n) is 6.98. The molecule has 102 valence electrons. The number of Topliss-reactive ketones (excluding diaryl/α,β-unsaturated/α-hetero) is 1. The molecule has 0 unspecified atom stereocenters. The van der Waals surface area contributed by atoms with Crippen LogP contribution in [0.5, 0.6) is 0 Å². The number of hydrogen-bond acceptors (Lipinski definition) is 3. The lowest BCUT2D eigenvalue weighted by Gasteiger charge is -2.17. The van der Waals surface area contributed by atoms with E-state index in [1.165, 1.54) is 4.70 Å². The lowest BCUT2D eigenvalue weighted by atomic mass is 10.1. The highest BCUT2D eigenvalue weighted by molar-refractivity contribution is 7.17. The van der Waals surface area contributed by atoms with Gasteiger partial charge < -0.3 is 4.90 Å². The lowest BCUT2D eigenvalue weighted by molar-refractivity contribution is 0.0977. The summed E-state index contributed by atoms with van der Waals surface area (Å²) in [7, 11) is 0. The van der Waals surface area contributed by atoms with Crippen LogP contribution in [0.2, 0.25) is 0 Å². The molecule has 0 fully saturated rings. The zero-order valence-corrected chi connectivity index (χ0v) is 12.5. The molecule has 0 amide bonds. The van der Waals surface area contributed by atoms with Crippen LogP contribution in [0.1, 0.15) is 37.0 Å². The van der Waals surface area contributed by atoms with Gasteiger partial charge in [-0.3, -0.25) is 4.79 Å². The van der Waals surface area contributed by atoms with Gasteiger partial charge in [-0.25, -0.2) is 0 Å². The molecule has 3 heteroatoms. The molecule has 0 aliphatic carbocycles. The van der Waals surface area contributed by atoms with Crippen LogP contribution in [0, 0.1) is 0 Å². The van der Waals surface area contributed by atoms with Crippen LogP contribution < -0.4 is 0 Å². The van der Waals surface area contributed by atoms with Gasteiger partial charge in [0.2, 0.25) is 0 Å². The van der Waals surface area contributed by atoms with Crippen molar-refractivity contribution >= 4 is 27.2 Å². The molecule has 0 aliphatic heterocycles. The molecule has 2 nitrogen and oxygen atoms in total. The predicted octanol–water partition coefficient (Wildman–Crippen LogP) is 4.21. The van der Waals surface area contributed by atoms with E-state index in [9.17, 15) is 4.79 Å². The van der Waals surface area contributed by atoms with Gasteiger partial charge in [0.25, 0.3) is 0 Å². The topological polar surface area (TPSA) is 20.3 Å². The first-order chi connectivity index (χ1) is 9.26. The second-order valence-electron chi connectivity index (χ2n) is 4.70. The minimum atomic E-state index is 0.282. The average molecular weight is 275 g/mol. The summed E-state index contributed by atoms with van der Waals surface area (Å²) < 4.78 is 1.20. The van der Waals surface area contributed by atoms with Gasteiger partial charge in [-0.1, -0.05) is 32.0 Å². The number of rotatable bonds is 7. The number of hydrogen-bond donors (Lipinski definition) is 0. The number of nitrogens with zero attached hydrogens (tertiary/aromatic N) is 1. The zero-order chi connectivity index (χ0) is 13.7. The summed E-state index contributed by atoms with van der Waals surface area (Å²) in [4.78, 5) is 14.6. The number of carbonyl (C=O) groups is 1. The maximum Gasteiger partial charge on any atom is 0.164 e. The summed E-state index contributed by atoms with van der Waals surface area (Å²) in [6, 6.07) is 8.14. The molecular formula is C16H21NOS. The van der Waals surface area contributed by atoms with Crippen molar-refractivity contribution < 1.29 is 4.79 Å². The third-order valence-electron chi connectivity index (χ3n) is 3.55. The molecule has 0 bridgehead atoms. The van der Waals surface area contributed by atoms with Gasteiger partial charge in [0.1, 0.15) is 0 Å². The lowest BCUT2D eigenvalue weighted by Crippen LogP contribution is -2.24. The van der Waals surface area contributed by atoms with E-state index in [-0.39, 0.29) is 5.78 Å². The fourth-order valence-electron chi connectivity index (χ4n) is 2.33.